The van der Waals surface area contributed by atoms with Gasteiger partial charge in [0.15, 0.2) is 0 Å². The van der Waals surface area contributed by atoms with Crippen molar-refractivity contribution in [2.75, 3.05) is 88.6 Å². The second kappa shape index (κ2) is 12.7. The number of para-hydroxylation sites is 2. The minimum absolute atomic E-state index is 0.0531. The highest BCUT2D eigenvalue weighted by atomic mass is 19.4. The smallest absolute Gasteiger partial charge is 0.368 e. The first-order chi connectivity index (χ1) is 21.3. The molecule has 4 heterocycles. The Labute approximate surface area is 261 Å². The van der Waals surface area contributed by atoms with Gasteiger partial charge in [-0.3, -0.25) is 9.59 Å². The number of rotatable bonds is 8. The van der Waals surface area contributed by atoms with Crippen LogP contribution in [-0.4, -0.2) is 111 Å². The van der Waals surface area contributed by atoms with Crippen LogP contribution in [0.1, 0.15) is 23.2 Å². The van der Waals surface area contributed by atoms with E-state index in [2.05, 4.69) is 20.1 Å². The summed E-state index contributed by atoms with van der Waals surface area (Å²) in [6.07, 6.45) is -0.912. The number of benzene rings is 1. The van der Waals surface area contributed by atoms with Crippen molar-refractivity contribution in [3.05, 3.63) is 59.3 Å². The molecule has 3 aliphatic heterocycles. The fourth-order valence-corrected chi connectivity index (χ4v) is 6.45. The maximum Gasteiger partial charge on any atom is 0.417 e. The van der Waals surface area contributed by atoms with E-state index in [9.17, 15) is 28.0 Å². The average molecular weight is 625 g/mol. The molecular formula is C32H39F3N8O2. The monoisotopic (exact) mass is 624 g/mol. The fourth-order valence-electron chi connectivity index (χ4n) is 6.45. The number of carbonyl (C=O) groups is 2. The number of hydrogen-bond acceptors (Lipinski definition) is 8. The predicted octanol–water partition coefficient (Wildman–Crippen LogP) is 3.20. The summed E-state index contributed by atoms with van der Waals surface area (Å²) in [6, 6.07) is 9.16. The van der Waals surface area contributed by atoms with Gasteiger partial charge in [-0.2, -0.15) is 18.4 Å². The zero-order valence-corrected chi connectivity index (χ0v) is 26.1. The largest absolute Gasteiger partial charge is 0.417 e. The lowest BCUT2D eigenvalue weighted by Gasteiger charge is -2.60. The van der Waals surface area contributed by atoms with Crippen LogP contribution >= 0.6 is 0 Å². The van der Waals surface area contributed by atoms with Gasteiger partial charge in [-0.15, -0.1) is 0 Å². The highest BCUT2D eigenvalue weighted by Gasteiger charge is 2.52. The van der Waals surface area contributed by atoms with E-state index in [4.69, 9.17) is 0 Å². The molecule has 2 amide bonds. The van der Waals surface area contributed by atoms with Gasteiger partial charge in [-0.1, -0.05) is 18.2 Å². The van der Waals surface area contributed by atoms with Gasteiger partial charge in [0.2, 0.25) is 11.8 Å². The first-order valence-electron chi connectivity index (χ1n) is 15.0. The van der Waals surface area contributed by atoms with Crippen LogP contribution < -0.4 is 15.1 Å². The Hall–Kier alpha value is -4.15. The number of hydrogen-bond donors (Lipinski definition) is 1. The van der Waals surface area contributed by atoms with Crippen molar-refractivity contribution in [1.29, 1.82) is 5.26 Å². The van der Waals surface area contributed by atoms with Gasteiger partial charge < -0.3 is 29.8 Å². The highest BCUT2D eigenvalue weighted by molar-refractivity contribution is 6.01. The van der Waals surface area contributed by atoms with Crippen LogP contribution in [0.15, 0.2) is 42.5 Å². The molecule has 13 heteroatoms. The number of amides is 2. The molecule has 10 nitrogen and oxygen atoms in total. The summed E-state index contributed by atoms with van der Waals surface area (Å²) in [4.78, 5) is 40.2. The van der Waals surface area contributed by atoms with Crippen LogP contribution in [0.25, 0.3) is 0 Å². The number of fused-ring (bicyclic) bond motifs is 1. The lowest BCUT2D eigenvalue weighted by Crippen LogP contribution is -2.73. The molecule has 3 aliphatic rings. The van der Waals surface area contributed by atoms with Crippen molar-refractivity contribution in [1.82, 2.24) is 19.7 Å². The Bertz CT molecular complexity index is 1500. The van der Waals surface area contributed by atoms with Crippen molar-refractivity contribution >= 4 is 29.0 Å². The molecule has 2 fully saturated rings. The molecular weight excluding hydrogens is 585 g/mol. The zero-order valence-electron chi connectivity index (χ0n) is 26.1. The van der Waals surface area contributed by atoms with Crippen molar-refractivity contribution in [3.63, 3.8) is 0 Å². The van der Waals surface area contributed by atoms with E-state index in [0.717, 1.165) is 51.0 Å². The number of nitrogens with one attached hydrogen (secondary N) is 1. The Morgan fingerprint density at radius 1 is 1.18 bits per heavy atom. The van der Waals surface area contributed by atoms with Crippen LogP contribution in [-0.2, 0) is 15.8 Å². The summed E-state index contributed by atoms with van der Waals surface area (Å²) < 4.78 is 41.1. The topological polar surface area (TPSA) is 99.0 Å². The summed E-state index contributed by atoms with van der Waals surface area (Å²) in [7, 11) is 5.56. The van der Waals surface area contributed by atoms with Crippen molar-refractivity contribution in [3.8, 4) is 6.07 Å². The average Bonchev–Trinajstić information content (AvgIpc) is 2.94. The number of halogens is 3. The number of aromatic nitrogens is 1. The van der Waals surface area contributed by atoms with Gasteiger partial charge in [0.05, 0.1) is 16.9 Å². The van der Waals surface area contributed by atoms with E-state index < -0.39 is 23.3 Å². The van der Waals surface area contributed by atoms with Crippen LogP contribution in [0.5, 0.6) is 0 Å². The number of likely N-dealkylation sites (tertiary alicyclic amines) is 2. The molecule has 2 aromatic rings. The molecule has 0 saturated carbocycles. The lowest BCUT2D eigenvalue weighted by molar-refractivity contribution is -0.153. The molecule has 1 N–H and O–H groups in total. The Kier molecular flexibility index (Phi) is 9.09. The number of nitrogens with zero attached hydrogens (tertiary/aromatic N) is 7. The Balaban J connectivity index is 1.25. The van der Waals surface area contributed by atoms with Crippen LogP contribution in [0.2, 0.25) is 0 Å². The van der Waals surface area contributed by atoms with E-state index in [1.807, 2.05) is 54.2 Å². The second-order valence-electron chi connectivity index (χ2n) is 12.6. The number of carbonyl (C=O) groups excluding carboxylic acids is 2. The van der Waals surface area contributed by atoms with E-state index >= 15 is 0 Å². The van der Waals surface area contributed by atoms with Gasteiger partial charge in [0.25, 0.3) is 0 Å². The molecule has 0 bridgehead atoms. The quantitative estimate of drug-likeness (QED) is 0.448. The van der Waals surface area contributed by atoms with Crippen molar-refractivity contribution < 1.29 is 22.8 Å². The number of aryl methyl sites for hydroxylation is 1. The van der Waals surface area contributed by atoms with E-state index in [-0.39, 0.29) is 28.7 Å². The molecule has 1 aromatic carbocycles. The normalized spacial score (nSPS) is 20.0. The number of nitriles is 1. The van der Waals surface area contributed by atoms with E-state index in [1.165, 1.54) is 11.8 Å². The Morgan fingerprint density at radius 2 is 1.87 bits per heavy atom. The number of anilines is 3. The first kappa shape index (κ1) is 32.2. The van der Waals surface area contributed by atoms with Crippen LogP contribution in [0.3, 0.4) is 0 Å². The second-order valence-corrected chi connectivity index (χ2v) is 12.6. The van der Waals surface area contributed by atoms with Crippen molar-refractivity contribution in [2.24, 2.45) is 5.41 Å². The number of likely N-dealkylation sites (N-methyl/N-ethyl adjacent to an activating group) is 2. The van der Waals surface area contributed by atoms with Gasteiger partial charge >= 0.3 is 6.18 Å². The van der Waals surface area contributed by atoms with Gasteiger partial charge in [0.1, 0.15) is 23.5 Å². The van der Waals surface area contributed by atoms with Gasteiger partial charge in [-0.05, 0) is 45.6 Å². The first-order valence-corrected chi connectivity index (χ1v) is 15.0. The highest BCUT2D eigenvalue weighted by Crippen LogP contribution is 2.40. The summed E-state index contributed by atoms with van der Waals surface area (Å²) in [6.45, 7) is 7.42. The summed E-state index contributed by atoms with van der Waals surface area (Å²) in [5, 5.41) is 12.5. The van der Waals surface area contributed by atoms with Gasteiger partial charge in [0, 0.05) is 76.6 Å². The third-order valence-corrected chi connectivity index (χ3v) is 8.68. The standard InChI is InChI=1S/C32H39F3N8O2/c1-22-16-24(32(33,34)35)23(17-36)29(37-22)38-25-11-13-42(27-9-6-5-8-26(27)40(4)30(25)45)15-14-41-18-31(19-41)20-43(21-31)28(44)10-7-12-39(2)3/h5-10,16,25H,11-15,18-21H2,1-4H3,(H,37,38)/b10-7+/t25-/m0/s1. The minimum atomic E-state index is -4.74. The van der Waals surface area contributed by atoms with Crippen molar-refractivity contribution in [2.45, 2.75) is 25.6 Å². The predicted molar refractivity (Wildman–Crippen MR) is 166 cm³/mol. The van der Waals surface area contributed by atoms with E-state index in [0.29, 0.717) is 25.2 Å². The number of pyridine rings is 1. The molecule has 0 unspecified atom stereocenters. The zero-order chi connectivity index (χ0) is 32.5. The molecule has 45 heavy (non-hydrogen) atoms. The molecule has 240 valence electrons. The molecule has 5 rings (SSSR count). The van der Waals surface area contributed by atoms with Crippen LogP contribution in [0, 0.1) is 23.7 Å². The number of alkyl halides is 3. The maximum atomic E-state index is 13.7. The molecule has 1 spiro atoms. The molecule has 0 radical (unpaired) electrons. The SMILES string of the molecule is Cc1cc(C(F)(F)F)c(C#N)c(N[C@H]2CCN(CCN3CC4(C3)CN(C(=O)/C=C/CN(C)C)C4)c3ccccc3N(C)C2=O)n1. The summed E-state index contributed by atoms with van der Waals surface area (Å²) >= 11 is 0. The third-order valence-electron chi connectivity index (χ3n) is 8.68. The van der Waals surface area contributed by atoms with Gasteiger partial charge in [-0.25, -0.2) is 4.98 Å². The molecule has 0 aliphatic carbocycles. The van der Waals surface area contributed by atoms with E-state index in [1.54, 1.807) is 19.2 Å². The molecule has 2 saturated heterocycles. The summed E-state index contributed by atoms with van der Waals surface area (Å²) in [5.41, 5.74) is 0.127. The maximum absolute atomic E-state index is 13.7. The summed E-state index contributed by atoms with van der Waals surface area (Å²) in [5.74, 6) is -0.519. The fraction of sp³-hybridized carbons (Fsp3) is 0.500. The van der Waals surface area contributed by atoms with Crippen LogP contribution in [0.4, 0.5) is 30.4 Å². The minimum Gasteiger partial charge on any atom is -0.368 e. The molecule has 1 atom stereocenters. The third kappa shape index (κ3) is 6.92. The molecule has 1 aromatic heterocycles. The lowest BCUT2D eigenvalue weighted by atomic mass is 9.73. The Morgan fingerprint density at radius 3 is 2.51 bits per heavy atom.